The average Bonchev–Trinajstić information content (AvgIpc) is 2.51. The highest BCUT2D eigenvalue weighted by Crippen LogP contribution is 2.24. The van der Waals surface area contributed by atoms with Crippen LogP contribution in [0, 0.1) is 5.92 Å². The Labute approximate surface area is 82.0 Å². The lowest BCUT2D eigenvalue weighted by atomic mass is 10.1. The number of rotatable bonds is 6. The molecule has 0 aromatic carbocycles. The smallest absolute Gasteiger partial charge is 0.0462 e. The summed E-state index contributed by atoms with van der Waals surface area (Å²) in [6, 6.07) is 0.803. The second-order valence-corrected chi connectivity index (χ2v) is 4.27. The molecule has 0 aliphatic heterocycles. The lowest BCUT2D eigenvalue weighted by molar-refractivity contribution is 0.192. The molecule has 2 heteroatoms. The Morgan fingerprint density at radius 3 is 2.77 bits per heavy atom. The molecule has 0 aromatic heterocycles. The van der Waals surface area contributed by atoms with Crippen LogP contribution in [-0.4, -0.2) is 26.3 Å². The largest absolute Gasteiger partial charge is 0.385 e. The van der Waals surface area contributed by atoms with E-state index in [0.717, 1.165) is 18.6 Å². The van der Waals surface area contributed by atoms with Crippen LogP contribution in [0.15, 0.2) is 0 Å². The maximum atomic E-state index is 5.00. The summed E-state index contributed by atoms with van der Waals surface area (Å²) in [6.07, 6.45) is 6.61. The van der Waals surface area contributed by atoms with Crippen molar-refractivity contribution in [1.82, 2.24) is 5.32 Å². The van der Waals surface area contributed by atoms with Gasteiger partial charge in [-0.3, -0.25) is 0 Å². The Morgan fingerprint density at radius 2 is 2.15 bits per heavy atom. The van der Waals surface area contributed by atoms with Crippen LogP contribution >= 0.6 is 0 Å². The molecule has 0 aromatic rings. The molecule has 2 nitrogen and oxygen atoms in total. The first kappa shape index (κ1) is 11.0. The molecule has 78 valence electrons. The van der Waals surface area contributed by atoms with Crippen LogP contribution in [0.2, 0.25) is 0 Å². The van der Waals surface area contributed by atoms with E-state index in [9.17, 15) is 0 Å². The summed E-state index contributed by atoms with van der Waals surface area (Å²) in [5.41, 5.74) is 0. The summed E-state index contributed by atoms with van der Waals surface area (Å²) in [7, 11) is 1.77. The third-order valence-corrected chi connectivity index (χ3v) is 2.90. The normalized spacial score (nSPS) is 28.2. The minimum Gasteiger partial charge on any atom is -0.385 e. The quantitative estimate of drug-likeness (QED) is 0.640. The lowest BCUT2D eigenvalue weighted by Gasteiger charge is -2.11. The fourth-order valence-corrected chi connectivity index (χ4v) is 2.07. The lowest BCUT2D eigenvalue weighted by Crippen LogP contribution is -2.27. The number of nitrogens with one attached hydrogen (secondary N) is 1. The zero-order valence-electron chi connectivity index (χ0n) is 9.01. The SMILES string of the molecule is COCCCCN[C@@H]1CC[C@H](C)C1. The van der Waals surface area contributed by atoms with E-state index in [4.69, 9.17) is 4.74 Å². The summed E-state index contributed by atoms with van der Waals surface area (Å²) in [5.74, 6) is 0.941. The predicted octanol–water partition coefficient (Wildman–Crippen LogP) is 2.19. The van der Waals surface area contributed by atoms with Gasteiger partial charge in [-0.25, -0.2) is 0 Å². The maximum Gasteiger partial charge on any atom is 0.0462 e. The standard InChI is InChI=1S/C11H23NO/c1-10-5-6-11(9-10)12-7-3-4-8-13-2/h10-12H,3-9H2,1-2H3/t10-,11+/m0/s1. The molecular weight excluding hydrogens is 162 g/mol. The van der Waals surface area contributed by atoms with Gasteiger partial charge in [0, 0.05) is 19.8 Å². The van der Waals surface area contributed by atoms with E-state index in [-0.39, 0.29) is 0 Å². The third-order valence-electron chi connectivity index (χ3n) is 2.90. The summed E-state index contributed by atoms with van der Waals surface area (Å²) in [6.45, 7) is 4.43. The topological polar surface area (TPSA) is 21.3 Å². The van der Waals surface area contributed by atoms with E-state index in [0.29, 0.717) is 0 Å². The Hall–Kier alpha value is -0.0800. The van der Waals surface area contributed by atoms with Gasteiger partial charge < -0.3 is 10.1 Å². The highest BCUT2D eigenvalue weighted by molar-refractivity contribution is 4.77. The fraction of sp³-hybridized carbons (Fsp3) is 1.00. The number of hydrogen-bond acceptors (Lipinski definition) is 2. The van der Waals surface area contributed by atoms with Crippen LogP contribution in [0.4, 0.5) is 0 Å². The molecule has 0 bridgehead atoms. The van der Waals surface area contributed by atoms with Crippen molar-refractivity contribution in [3.05, 3.63) is 0 Å². The van der Waals surface area contributed by atoms with Crippen molar-refractivity contribution >= 4 is 0 Å². The number of hydrogen-bond donors (Lipinski definition) is 1. The zero-order chi connectivity index (χ0) is 9.52. The molecule has 13 heavy (non-hydrogen) atoms. The van der Waals surface area contributed by atoms with Crippen LogP contribution < -0.4 is 5.32 Å². The van der Waals surface area contributed by atoms with E-state index in [1.54, 1.807) is 7.11 Å². The van der Waals surface area contributed by atoms with E-state index in [1.807, 2.05) is 0 Å². The molecule has 1 rings (SSSR count). The second-order valence-electron chi connectivity index (χ2n) is 4.27. The molecule has 0 amide bonds. The first-order valence-corrected chi connectivity index (χ1v) is 5.55. The van der Waals surface area contributed by atoms with Gasteiger partial charge in [0.25, 0.3) is 0 Å². The van der Waals surface area contributed by atoms with Gasteiger partial charge in [0.1, 0.15) is 0 Å². The van der Waals surface area contributed by atoms with Crippen molar-refractivity contribution in [2.75, 3.05) is 20.3 Å². The molecule has 0 spiro atoms. The van der Waals surface area contributed by atoms with E-state index in [2.05, 4.69) is 12.2 Å². The van der Waals surface area contributed by atoms with Gasteiger partial charge in [0.15, 0.2) is 0 Å². The Bertz CT molecular complexity index is 127. The minimum atomic E-state index is 0.803. The van der Waals surface area contributed by atoms with Crippen molar-refractivity contribution in [3.8, 4) is 0 Å². The Morgan fingerprint density at radius 1 is 1.31 bits per heavy atom. The number of ether oxygens (including phenoxy) is 1. The van der Waals surface area contributed by atoms with Gasteiger partial charge in [-0.05, 0) is 44.6 Å². The highest BCUT2D eigenvalue weighted by atomic mass is 16.5. The van der Waals surface area contributed by atoms with Crippen molar-refractivity contribution in [2.45, 2.75) is 45.1 Å². The fourth-order valence-electron chi connectivity index (χ4n) is 2.07. The molecule has 1 fully saturated rings. The highest BCUT2D eigenvalue weighted by Gasteiger charge is 2.19. The summed E-state index contributed by atoms with van der Waals surface area (Å²) in [4.78, 5) is 0. The van der Waals surface area contributed by atoms with Gasteiger partial charge in [-0.2, -0.15) is 0 Å². The van der Waals surface area contributed by atoms with Gasteiger partial charge in [-0.1, -0.05) is 6.92 Å². The molecule has 0 heterocycles. The summed E-state index contributed by atoms with van der Waals surface area (Å²) < 4.78 is 5.00. The first-order chi connectivity index (χ1) is 6.33. The van der Waals surface area contributed by atoms with E-state index >= 15 is 0 Å². The molecule has 0 unspecified atom stereocenters. The molecule has 0 radical (unpaired) electrons. The van der Waals surface area contributed by atoms with Crippen LogP contribution in [0.25, 0.3) is 0 Å². The molecular formula is C11H23NO. The van der Waals surface area contributed by atoms with Gasteiger partial charge >= 0.3 is 0 Å². The third kappa shape index (κ3) is 4.63. The van der Waals surface area contributed by atoms with Crippen LogP contribution in [-0.2, 0) is 4.74 Å². The Balaban J connectivity index is 1.88. The van der Waals surface area contributed by atoms with Gasteiger partial charge in [-0.15, -0.1) is 0 Å². The average molecular weight is 185 g/mol. The second kappa shape index (κ2) is 6.39. The van der Waals surface area contributed by atoms with E-state index in [1.165, 1.54) is 38.6 Å². The van der Waals surface area contributed by atoms with Crippen molar-refractivity contribution in [1.29, 1.82) is 0 Å². The van der Waals surface area contributed by atoms with Crippen molar-refractivity contribution in [2.24, 2.45) is 5.92 Å². The van der Waals surface area contributed by atoms with Crippen molar-refractivity contribution < 1.29 is 4.74 Å². The summed E-state index contributed by atoms with van der Waals surface area (Å²) >= 11 is 0. The van der Waals surface area contributed by atoms with Gasteiger partial charge in [0.05, 0.1) is 0 Å². The molecule has 1 N–H and O–H groups in total. The van der Waals surface area contributed by atoms with Crippen LogP contribution in [0.1, 0.15) is 39.0 Å². The number of unbranched alkanes of at least 4 members (excludes halogenated alkanes) is 1. The molecule has 1 saturated carbocycles. The first-order valence-electron chi connectivity index (χ1n) is 5.55. The number of methoxy groups -OCH3 is 1. The monoisotopic (exact) mass is 185 g/mol. The zero-order valence-corrected chi connectivity index (χ0v) is 9.01. The van der Waals surface area contributed by atoms with Crippen LogP contribution in [0.3, 0.4) is 0 Å². The maximum absolute atomic E-state index is 5.00. The van der Waals surface area contributed by atoms with E-state index < -0.39 is 0 Å². The minimum absolute atomic E-state index is 0.803. The molecule has 1 aliphatic rings. The molecule has 1 aliphatic carbocycles. The van der Waals surface area contributed by atoms with Crippen molar-refractivity contribution in [3.63, 3.8) is 0 Å². The molecule has 0 saturated heterocycles. The summed E-state index contributed by atoms with van der Waals surface area (Å²) in [5, 5.41) is 3.62. The van der Waals surface area contributed by atoms with Gasteiger partial charge in [0.2, 0.25) is 0 Å². The predicted molar refractivity (Wildman–Crippen MR) is 55.9 cm³/mol. The molecule has 2 atom stereocenters. The Kier molecular flexibility index (Phi) is 5.40. The van der Waals surface area contributed by atoms with Crippen LogP contribution in [0.5, 0.6) is 0 Å².